The molecule has 3 heteroatoms. The van der Waals surface area contributed by atoms with Gasteiger partial charge in [0.1, 0.15) is 0 Å². The monoisotopic (exact) mass is 331 g/mol. The number of hydrogen-bond acceptors (Lipinski definition) is 1. The van der Waals surface area contributed by atoms with Gasteiger partial charge in [-0.25, -0.2) is 0 Å². The average molecular weight is 331 g/mol. The van der Waals surface area contributed by atoms with Crippen LogP contribution in [0.15, 0.2) is 24.3 Å². The molecule has 0 atom stereocenters. The van der Waals surface area contributed by atoms with Crippen LogP contribution >= 0.6 is 22.6 Å². The summed E-state index contributed by atoms with van der Waals surface area (Å²) >= 11 is 2.19. The summed E-state index contributed by atoms with van der Waals surface area (Å²) < 4.78 is 0.991. The highest BCUT2D eigenvalue weighted by atomic mass is 127. The van der Waals surface area contributed by atoms with Crippen LogP contribution in [-0.2, 0) is 0 Å². The van der Waals surface area contributed by atoms with Crippen LogP contribution in [0, 0.1) is 3.57 Å². The molecule has 0 aliphatic carbocycles. The van der Waals surface area contributed by atoms with E-state index in [0.29, 0.717) is 0 Å². The highest BCUT2D eigenvalue weighted by molar-refractivity contribution is 14.1. The predicted octanol–water partition coefficient (Wildman–Crippen LogP) is 3.60. The summed E-state index contributed by atoms with van der Waals surface area (Å²) in [5.74, 6) is 0.0171. The highest BCUT2D eigenvalue weighted by Crippen LogP contribution is 2.15. The Morgan fingerprint density at radius 1 is 1.38 bits per heavy atom. The van der Waals surface area contributed by atoms with E-state index in [1.165, 1.54) is 0 Å². The molecule has 0 unspecified atom stereocenters. The minimum atomic E-state index is -0.134. The lowest BCUT2D eigenvalue weighted by atomic mass is 9.98. The van der Waals surface area contributed by atoms with E-state index in [9.17, 15) is 4.79 Å². The van der Waals surface area contributed by atoms with E-state index < -0.39 is 0 Å². The molecule has 1 aromatic carbocycles. The Bertz CT molecular complexity index is 374. The number of hydrogen-bond donors (Lipinski definition) is 1. The Morgan fingerprint density at radius 2 is 2.00 bits per heavy atom. The molecule has 0 saturated carbocycles. The van der Waals surface area contributed by atoms with Gasteiger partial charge in [0.05, 0.1) is 5.56 Å². The lowest BCUT2D eigenvalue weighted by Gasteiger charge is -2.26. The number of halogens is 1. The molecule has 0 aliphatic rings. The Labute approximate surface area is 111 Å². The quantitative estimate of drug-likeness (QED) is 0.839. The van der Waals surface area contributed by atoms with Crippen LogP contribution in [0.4, 0.5) is 0 Å². The second kappa shape index (κ2) is 5.66. The number of carbonyl (C=O) groups is 1. The molecule has 16 heavy (non-hydrogen) atoms. The van der Waals surface area contributed by atoms with Crippen molar-refractivity contribution in [2.45, 2.75) is 39.2 Å². The summed E-state index contributed by atoms with van der Waals surface area (Å²) in [6.45, 7) is 6.24. The second-order valence-electron chi connectivity index (χ2n) is 4.57. The maximum absolute atomic E-state index is 12.0. The SMILES string of the molecule is CCCC(C)(C)NC(=O)c1ccccc1I. The number of benzene rings is 1. The third-order valence-corrected chi connectivity index (χ3v) is 3.39. The molecule has 0 fully saturated rings. The van der Waals surface area contributed by atoms with Crippen LogP contribution < -0.4 is 5.32 Å². The fourth-order valence-corrected chi connectivity index (χ4v) is 2.34. The first kappa shape index (κ1) is 13.5. The van der Waals surface area contributed by atoms with E-state index in [2.05, 4.69) is 48.7 Å². The highest BCUT2D eigenvalue weighted by Gasteiger charge is 2.20. The van der Waals surface area contributed by atoms with Crippen molar-refractivity contribution in [3.8, 4) is 0 Å². The van der Waals surface area contributed by atoms with Crippen LogP contribution in [0.5, 0.6) is 0 Å². The van der Waals surface area contributed by atoms with E-state index >= 15 is 0 Å². The van der Waals surface area contributed by atoms with Gasteiger partial charge < -0.3 is 5.32 Å². The van der Waals surface area contributed by atoms with Crippen molar-refractivity contribution in [3.05, 3.63) is 33.4 Å². The summed E-state index contributed by atoms with van der Waals surface area (Å²) in [7, 11) is 0. The zero-order chi connectivity index (χ0) is 12.2. The van der Waals surface area contributed by atoms with E-state index in [1.54, 1.807) is 0 Å². The third-order valence-electron chi connectivity index (χ3n) is 2.45. The van der Waals surface area contributed by atoms with Gasteiger partial charge in [-0.05, 0) is 55.0 Å². The van der Waals surface area contributed by atoms with E-state index in [4.69, 9.17) is 0 Å². The van der Waals surface area contributed by atoms with Gasteiger partial charge in [-0.2, -0.15) is 0 Å². The first-order valence-electron chi connectivity index (χ1n) is 5.53. The molecule has 1 amide bonds. The second-order valence-corrected chi connectivity index (χ2v) is 5.73. The van der Waals surface area contributed by atoms with E-state index in [-0.39, 0.29) is 11.4 Å². The summed E-state index contributed by atoms with van der Waals surface area (Å²) in [6, 6.07) is 7.64. The number of nitrogens with one attached hydrogen (secondary N) is 1. The van der Waals surface area contributed by atoms with Gasteiger partial charge in [0.2, 0.25) is 0 Å². The topological polar surface area (TPSA) is 29.1 Å². The Hall–Kier alpha value is -0.580. The van der Waals surface area contributed by atoms with Crippen molar-refractivity contribution >= 4 is 28.5 Å². The Kier molecular flexibility index (Phi) is 4.77. The lowest BCUT2D eigenvalue weighted by Crippen LogP contribution is -2.43. The maximum atomic E-state index is 12.0. The first-order valence-corrected chi connectivity index (χ1v) is 6.61. The van der Waals surface area contributed by atoms with E-state index in [0.717, 1.165) is 22.0 Å². The van der Waals surface area contributed by atoms with E-state index in [1.807, 2.05) is 24.3 Å². The molecule has 1 rings (SSSR count). The largest absolute Gasteiger partial charge is 0.347 e. The van der Waals surface area contributed by atoms with Crippen LogP contribution in [0.1, 0.15) is 44.0 Å². The molecule has 0 aromatic heterocycles. The van der Waals surface area contributed by atoms with Crippen LogP contribution in [-0.4, -0.2) is 11.4 Å². The molecule has 0 aliphatic heterocycles. The molecule has 0 bridgehead atoms. The summed E-state index contributed by atoms with van der Waals surface area (Å²) in [5.41, 5.74) is 0.623. The van der Waals surface area contributed by atoms with Crippen molar-refractivity contribution in [1.82, 2.24) is 5.32 Å². The van der Waals surface area contributed by atoms with Crippen molar-refractivity contribution in [2.24, 2.45) is 0 Å². The molecule has 1 N–H and O–H groups in total. The van der Waals surface area contributed by atoms with Crippen LogP contribution in [0.3, 0.4) is 0 Å². The molecular weight excluding hydrogens is 313 g/mol. The van der Waals surface area contributed by atoms with Gasteiger partial charge in [0, 0.05) is 9.11 Å². The first-order chi connectivity index (χ1) is 7.46. The molecule has 2 nitrogen and oxygen atoms in total. The number of carbonyl (C=O) groups excluding carboxylic acids is 1. The number of rotatable bonds is 4. The molecule has 0 saturated heterocycles. The average Bonchev–Trinajstić information content (AvgIpc) is 2.17. The predicted molar refractivity (Wildman–Crippen MR) is 75.6 cm³/mol. The molecule has 0 spiro atoms. The van der Waals surface area contributed by atoms with Crippen molar-refractivity contribution in [2.75, 3.05) is 0 Å². The molecule has 0 radical (unpaired) electrons. The van der Waals surface area contributed by atoms with Crippen LogP contribution in [0.25, 0.3) is 0 Å². The van der Waals surface area contributed by atoms with Gasteiger partial charge >= 0.3 is 0 Å². The normalized spacial score (nSPS) is 11.2. The van der Waals surface area contributed by atoms with Gasteiger partial charge in [0.25, 0.3) is 5.91 Å². The summed E-state index contributed by atoms with van der Waals surface area (Å²) in [4.78, 5) is 12.0. The standard InChI is InChI=1S/C13H18INO/c1-4-9-13(2,3)15-12(16)10-7-5-6-8-11(10)14/h5-8H,4,9H2,1-3H3,(H,15,16). The van der Waals surface area contributed by atoms with Gasteiger partial charge in [-0.15, -0.1) is 0 Å². The molecule has 88 valence electrons. The van der Waals surface area contributed by atoms with Crippen molar-refractivity contribution in [1.29, 1.82) is 0 Å². The van der Waals surface area contributed by atoms with Gasteiger partial charge in [0.15, 0.2) is 0 Å². The minimum absolute atomic E-state index is 0.0171. The zero-order valence-electron chi connectivity index (χ0n) is 10.0. The van der Waals surface area contributed by atoms with Gasteiger partial charge in [-0.3, -0.25) is 4.79 Å². The summed E-state index contributed by atoms with van der Waals surface area (Å²) in [5, 5.41) is 3.07. The zero-order valence-corrected chi connectivity index (χ0v) is 12.2. The molecular formula is C13H18INO. The molecule has 0 heterocycles. The lowest BCUT2D eigenvalue weighted by molar-refractivity contribution is 0.0908. The van der Waals surface area contributed by atoms with Crippen LogP contribution in [0.2, 0.25) is 0 Å². The van der Waals surface area contributed by atoms with Gasteiger partial charge in [-0.1, -0.05) is 25.5 Å². The third kappa shape index (κ3) is 3.77. The summed E-state index contributed by atoms with van der Waals surface area (Å²) in [6.07, 6.45) is 2.06. The maximum Gasteiger partial charge on any atom is 0.252 e. The Morgan fingerprint density at radius 3 is 2.56 bits per heavy atom. The Balaban J connectivity index is 2.77. The van der Waals surface area contributed by atoms with Crippen molar-refractivity contribution in [3.63, 3.8) is 0 Å². The number of amides is 1. The fourth-order valence-electron chi connectivity index (χ4n) is 1.71. The minimum Gasteiger partial charge on any atom is -0.347 e. The smallest absolute Gasteiger partial charge is 0.252 e. The fraction of sp³-hybridized carbons (Fsp3) is 0.462. The molecule has 1 aromatic rings. The van der Waals surface area contributed by atoms with Crippen molar-refractivity contribution < 1.29 is 4.79 Å².